The van der Waals surface area contributed by atoms with Crippen molar-refractivity contribution in [3.8, 4) is 0 Å². The van der Waals surface area contributed by atoms with Gasteiger partial charge >= 0.3 is 0 Å². The molecule has 1 radical (unpaired) electrons. The average molecular weight is 228 g/mol. The number of aromatic amines is 1. The Morgan fingerprint density at radius 2 is 2.06 bits per heavy atom. The first kappa shape index (κ1) is 10.8. The highest BCUT2D eigenvalue weighted by Crippen LogP contribution is 2.15. The quantitative estimate of drug-likeness (QED) is 0.845. The smallest absolute Gasteiger partial charge is 0.0463 e. The first-order valence-electron chi connectivity index (χ1n) is 6.20. The van der Waals surface area contributed by atoms with Crippen molar-refractivity contribution in [2.45, 2.75) is 6.54 Å². The average Bonchev–Trinajstić information content (AvgIpc) is 2.79. The molecule has 1 aromatic carbocycles. The Morgan fingerprint density at radius 1 is 1.24 bits per heavy atom. The Bertz CT molecular complexity index is 495. The number of hydrogen-bond acceptors (Lipinski definition) is 2. The molecule has 89 valence electrons. The van der Waals surface area contributed by atoms with Crippen molar-refractivity contribution in [1.29, 1.82) is 0 Å². The van der Waals surface area contributed by atoms with E-state index in [1.165, 1.54) is 42.6 Å². The van der Waals surface area contributed by atoms with Crippen LogP contribution in [0.2, 0.25) is 0 Å². The summed E-state index contributed by atoms with van der Waals surface area (Å²) in [5.41, 5.74) is 2.58. The van der Waals surface area contributed by atoms with Crippen molar-refractivity contribution >= 4 is 10.9 Å². The molecule has 1 aromatic heterocycles. The minimum atomic E-state index is 1.06. The summed E-state index contributed by atoms with van der Waals surface area (Å²) >= 11 is 0. The lowest BCUT2D eigenvalue weighted by Gasteiger charge is -2.32. The zero-order valence-corrected chi connectivity index (χ0v) is 10.2. The maximum absolute atomic E-state index is 3.22. The molecule has 3 nitrogen and oxygen atoms in total. The Hall–Kier alpha value is -1.32. The Kier molecular flexibility index (Phi) is 2.87. The highest BCUT2D eigenvalue weighted by molar-refractivity contribution is 5.79. The number of hydrogen-bond donors (Lipinski definition) is 1. The van der Waals surface area contributed by atoms with Crippen LogP contribution in [0.25, 0.3) is 10.9 Å². The molecule has 1 fully saturated rings. The van der Waals surface area contributed by atoms with Crippen LogP contribution in [0.15, 0.2) is 24.4 Å². The molecule has 0 spiro atoms. The minimum absolute atomic E-state index is 1.06. The molecular weight excluding hydrogens is 210 g/mol. The molecule has 1 saturated heterocycles. The molecule has 1 aliphatic rings. The van der Waals surface area contributed by atoms with E-state index in [-0.39, 0.29) is 0 Å². The third-order valence-electron chi connectivity index (χ3n) is 3.54. The summed E-state index contributed by atoms with van der Waals surface area (Å²) in [6.07, 6.45) is 1.88. The number of piperazine rings is 1. The Morgan fingerprint density at radius 3 is 2.88 bits per heavy atom. The van der Waals surface area contributed by atoms with Crippen LogP contribution in [0, 0.1) is 6.07 Å². The molecule has 3 heteroatoms. The second-order valence-corrected chi connectivity index (χ2v) is 4.89. The lowest BCUT2D eigenvalue weighted by molar-refractivity contribution is 0.148. The number of likely N-dealkylation sites (N-methyl/N-ethyl adjacent to an activating group) is 1. The topological polar surface area (TPSA) is 22.3 Å². The standard InChI is InChI=1S/C14H18N3/c1-16-6-8-17(9-7-16)11-12-2-3-13-4-5-15-14(13)10-12/h2-3,5,10,15H,6-9,11H2,1H3. The van der Waals surface area contributed by atoms with E-state index in [9.17, 15) is 0 Å². The maximum atomic E-state index is 3.22. The van der Waals surface area contributed by atoms with E-state index < -0.39 is 0 Å². The third-order valence-corrected chi connectivity index (χ3v) is 3.54. The van der Waals surface area contributed by atoms with Crippen LogP contribution in [-0.4, -0.2) is 48.0 Å². The highest BCUT2D eigenvalue weighted by Gasteiger charge is 2.13. The van der Waals surface area contributed by atoms with Gasteiger partial charge in [0.25, 0.3) is 0 Å². The fourth-order valence-electron chi connectivity index (χ4n) is 2.39. The van der Waals surface area contributed by atoms with Crippen LogP contribution < -0.4 is 0 Å². The van der Waals surface area contributed by atoms with Gasteiger partial charge < -0.3 is 9.88 Å². The van der Waals surface area contributed by atoms with Gasteiger partial charge in [-0.15, -0.1) is 0 Å². The predicted octanol–water partition coefficient (Wildman–Crippen LogP) is 1.72. The van der Waals surface area contributed by atoms with E-state index in [1.54, 1.807) is 0 Å². The number of nitrogens with zero attached hydrogens (tertiary/aromatic N) is 2. The number of aromatic nitrogens is 1. The van der Waals surface area contributed by atoms with E-state index in [2.05, 4.69) is 46.1 Å². The zero-order valence-electron chi connectivity index (χ0n) is 10.2. The van der Waals surface area contributed by atoms with Crippen molar-refractivity contribution in [1.82, 2.24) is 14.8 Å². The van der Waals surface area contributed by atoms with Gasteiger partial charge in [-0.3, -0.25) is 4.90 Å². The summed E-state index contributed by atoms with van der Waals surface area (Å²) in [5.74, 6) is 0. The van der Waals surface area contributed by atoms with Gasteiger partial charge in [0.05, 0.1) is 0 Å². The normalized spacial score (nSPS) is 18.9. The van der Waals surface area contributed by atoms with E-state index in [0.29, 0.717) is 0 Å². The summed E-state index contributed by atoms with van der Waals surface area (Å²) in [6.45, 7) is 5.76. The molecule has 0 amide bonds. The van der Waals surface area contributed by atoms with Crippen molar-refractivity contribution in [3.63, 3.8) is 0 Å². The number of fused-ring (bicyclic) bond motifs is 1. The second kappa shape index (κ2) is 4.51. The second-order valence-electron chi connectivity index (χ2n) is 4.89. The van der Waals surface area contributed by atoms with Crippen LogP contribution in [0.5, 0.6) is 0 Å². The van der Waals surface area contributed by atoms with Gasteiger partial charge in [-0.25, -0.2) is 0 Å². The van der Waals surface area contributed by atoms with Gasteiger partial charge in [0, 0.05) is 55.9 Å². The van der Waals surface area contributed by atoms with Crippen molar-refractivity contribution < 1.29 is 0 Å². The molecule has 0 unspecified atom stereocenters. The van der Waals surface area contributed by atoms with Crippen LogP contribution in [0.3, 0.4) is 0 Å². The van der Waals surface area contributed by atoms with Crippen LogP contribution in [0.1, 0.15) is 5.56 Å². The van der Waals surface area contributed by atoms with Gasteiger partial charge in [-0.1, -0.05) is 12.1 Å². The Labute approximate surface area is 102 Å². The van der Waals surface area contributed by atoms with Crippen LogP contribution in [0.4, 0.5) is 0 Å². The molecule has 1 aliphatic heterocycles. The van der Waals surface area contributed by atoms with Crippen molar-refractivity contribution in [2.75, 3.05) is 33.2 Å². The van der Waals surface area contributed by atoms with Gasteiger partial charge in [0.2, 0.25) is 0 Å². The summed E-state index contributed by atoms with van der Waals surface area (Å²) in [4.78, 5) is 8.13. The van der Waals surface area contributed by atoms with Crippen molar-refractivity contribution in [2.24, 2.45) is 0 Å². The minimum Gasteiger partial charge on any atom is -0.361 e. The lowest BCUT2D eigenvalue weighted by atomic mass is 10.1. The molecule has 0 aliphatic carbocycles. The first-order chi connectivity index (χ1) is 8.31. The molecule has 3 rings (SSSR count). The third kappa shape index (κ3) is 2.35. The summed E-state index contributed by atoms with van der Waals surface area (Å²) in [5, 5.41) is 1.17. The molecule has 1 N–H and O–H groups in total. The fourth-order valence-corrected chi connectivity index (χ4v) is 2.39. The molecule has 0 saturated carbocycles. The lowest BCUT2D eigenvalue weighted by Crippen LogP contribution is -2.43. The van der Waals surface area contributed by atoms with E-state index >= 15 is 0 Å². The van der Waals surface area contributed by atoms with Gasteiger partial charge in [-0.05, 0) is 18.7 Å². The zero-order chi connectivity index (χ0) is 11.7. The van der Waals surface area contributed by atoms with Gasteiger partial charge in [-0.2, -0.15) is 0 Å². The fraction of sp³-hybridized carbons (Fsp3) is 0.429. The SMILES string of the molecule is CN1CCN(Cc2ccc3[c]c[nH]c3c2)CC1. The molecule has 2 heterocycles. The molecule has 0 atom stereocenters. The summed E-state index contributed by atoms with van der Waals surface area (Å²) < 4.78 is 0. The molecule has 0 bridgehead atoms. The molecule has 2 aromatic rings. The maximum Gasteiger partial charge on any atom is 0.0463 e. The molecule has 17 heavy (non-hydrogen) atoms. The van der Waals surface area contributed by atoms with E-state index in [1.807, 2.05) is 6.20 Å². The monoisotopic (exact) mass is 228 g/mol. The number of nitrogens with one attached hydrogen (secondary N) is 1. The Balaban J connectivity index is 1.71. The van der Waals surface area contributed by atoms with E-state index in [4.69, 9.17) is 0 Å². The predicted molar refractivity (Wildman–Crippen MR) is 69.9 cm³/mol. The van der Waals surface area contributed by atoms with Gasteiger partial charge in [0.1, 0.15) is 0 Å². The summed E-state index contributed by atoms with van der Waals surface area (Å²) in [7, 11) is 2.19. The van der Waals surface area contributed by atoms with Crippen LogP contribution >= 0.6 is 0 Å². The van der Waals surface area contributed by atoms with Crippen LogP contribution in [-0.2, 0) is 6.54 Å². The van der Waals surface area contributed by atoms with E-state index in [0.717, 1.165) is 6.54 Å². The molecular formula is C14H18N3. The first-order valence-corrected chi connectivity index (χ1v) is 6.20. The largest absolute Gasteiger partial charge is 0.361 e. The number of benzene rings is 1. The van der Waals surface area contributed by atoms with Crippen molar-refractivity contribution in [3.05, 3.63) is 36.0 Å². The highest BCUT2D eigenvalue weighted by atomic mass is 15.2. The summed E-state index contributed by atoms with van der Waals surface area (Å²) in [6, 6.07) is 9.78. The number of H-pyrrole nitrogens is 1. The number of rotatable bonds is 2. The van der Waals surface area contributed by atoms with Gasteiger partial charge in [0.15, 0.2) is 0 Å².